The van der Waals surface area contributed by atoms with Crippen molar-refractivity contribution in [3.05, 3.63) is 71.1 Å². The molecule has 0 aliphatic heterocycles. The lowest BCUT2D eigenvalue weighted by molar-refractivity contribution is 0.184. The Morgan fingerprint density at radius 2 is 2.04 bits per heavy atom. The lowest BCUT2D eigenvalue weighted by Gasteiger charge is -2.07. The fourth-order valence-electron chi connectivity index (χ4n) is 2.27. The van der Waals surface area contributed by atoms with Gasteiger partial charge in [0.1, 0.15) is 17.6 Å². The summed E-state index contributed by atoms with van der Waals surface area (Å²) in [5.74, 6) is 6.96. The summed E-state index contributed by atoms with van der Waals surface area (Å²) in [5, 5.41) is 22.7. The summed E-state index contributed by atoms with van der Waals surface area (Å²) in [6.07, 6.45) is 2.78. The summed E-state index contributed by atoms with van der Waals surface area (Å²) in [7, 11) is 0. The second kappa shape index (κ2) is 7.13. The van der Waals surface area contributed by atoms with Gasteiger partial charge in [0.05, 0.1) is 13.2 Å². The molecule has 3 rings (SSSR count). The van der Waals surface area contributed by atoms with E-state index in [1.54, 1.807) is 25.4 Å². The number of rotatable bonds is 4. The molecule has 0 bridgehead atoms. The predicted octanol–water partition coefficient (Wildman–Crippen LogP) is 1.86. The molecule has 1 atom stereocenters. The third-order valence-electron chi connectivity index (χ3n) is 3.48. The quantitative estimate of drug-likeness (QED) is 0.716. The molecule has 2 aromatic heterocycles. The molecule has 1 unspecified atom stereocenters. The molecule has 2 N–H and O–H groups in total. The van der Waals surface area contributed by atoms with Gasteiger partial charge in [-0.25, -0.2) is 4.98 Å². The van der Waals surface area contributed by atoms with E-state index in [2.05, 4.69) is 22.0 Å². The molecular weight excluding hydrogens is 306 g/mol. The second-order valence-electron chi connectivity index (χ2n) is 5.38. The van der Waals surface area contributed by atoms with E-state index < -0.39 is 6.10 Å². The number of imidazole rings is 1. The fourth-order valence-corrected chi connectivity index (χ4v) is 2.27. The zero-order valence-electron chi connectivity index (χ0n) is 13.2. The standard InChI is InChI=1S/C18H17N3O3/c1-13(23)18-19-8-9-21(18)11-16-10-17(24-20-16)7-6-14-2-4-15(12-22)5-3-14/h2-5,8-10,13,22-23H,11-12H2,1H3. The molecule has 0 saturated heterocycles. The average molecular weight is 323 g/mol. The number of nitrogens with zero attached hydrogens (tertiary/aromatic N) is 3. The minimum absolute atomic E-state index is 0.0157. The highest BCUT2D eigenvalue weighted by Gasteiger charge is 2.10. The van der Waals surface area contributed by atoms with E-state index in [1.165, 1.54) is 0 Å². The van der Waals surface area contributed by atoms with Gasteiger partial charge in [0.25, 0.3) is 0 Å². The van der Waals surface area contributed by atoms with Crippen molar-refractivity contribution in [2.75, 3.05) is 0 Å². The maximum atomic E-state index is 9.66. The molecule has 6 nitrogen and oxygen atoms in total. The first-order valence-corrected chi connectivity index (χ1v) is 7.52. The topological polar surface area (TPSA) is 84.3 Å². The number of hydrogen-bond acceptors (Lipinski definition) is 5. The number of aliphatic hydroxyl groups is 2. The molecule has 0 aliphatic carbocycles. The van der Waals surface area contributed by atoms with E-state index in [0.717, 1.165) is 11.1 Å². The van der Waals surface area contributed by atoms with Crippen molar-refractivity contribution in [2.24, 2.45) is 0 Å². The van der Waals surface area contributed by atoms with Crippen molar-refractivity contribution in [2.45, 2.75) is 26.2 Å². The van der Waals surface area contributed by atoms with Gasteiger partial charge in [-0.15, -0.1) is 0 Å². The SMILES string of the molecule is CC(O)c1nccn1Cc1cc(C#Cc2ccc(CO)cc2)on1. The smallest absolute Gasteiger partial charge is 0.210 e. The lowest BCUT2D eigenvalue weighted by atomic mass is 10.1. The van der Waals surface area contributed by atoms with E-state index in [9.17, 15) is 5.11 Å². The van der Waals surface area contributed by atoms with E-state index in [-0.39, 0.29) is 6.61 Å². The average Bonchev–Trinajstić information content (AvgIpc) is 3.23. The first kappa shape index (κ1) is 16.0. The van der Waals surface area contributed by atoms with Gasteiger partial charge in [-0.1, -0.05) is 23.2 Å². The Balaban J connectivity index is 1.71. The van der Waals surface area contributed by atoms with Gasteiger partial charge in [-0.2, -0.15) is 0 Å². The molecule has 2 heterocycles. The molecule has 122 valence electrons. The Kier molecular flexibility index (Phi) is 4.75. The normalized spacial score (nSPS) is 11.8. The van der Waals surface area contributed by atoms with Gasteiger partial charge >= 0.3 is 0 Å². The monoisotopic (exact) mass is 323 g/mol. The Morgan fingerprint density at radius 1 is 1.25 bits per heavy atom. The minimum atomic E-state index is -0.645. The highest BCUT2D eigenvalue weighted by atomic mass is 16.5. The summed E-state index contributed by atoms with van der Waals surface area (Å²) in [6, 6.07) is 9.10. The van der Waals surface area contributed by atoms with Crippen LogP contribution in [0.3, 0.4) is 0 Å². The van der Waals surface area contributed by atoms with Gasteiger partial charge < -0.3 is 19.3 Å². The highest BCUT2D eigenvalue weighted by Crippen LogP contribution is 2.12. The van der Waals surface area contributed by atoms with E-state index in [0.29, 0.717) is 23.8 Å². The Bertz CT molecular complexity index is 867. The summed E-state index contributed by atoms with van der Waals surface area (Å²) >= 11 is 0. The first-order valence-electron chi connectivity index (χ1n) is 7.52. The zero-order chi connectivity index (χ0) is 16.9. The molecule has 3 aromatic rings. The lowest BCUT2D eigenvalue weighted by Crippen LogP contribution is -2.07. The molecule has 0 amide bonds. The van der Waals surface area contributed by atoms with Crippen LogP contribution in [0.5, 0.6) is 0 Å². The van der Waals surface area contributed by atoms with Crippen molar-refractivity contribution in [3.8, 4) is 11.8 Å². The van der Waals surface area contributed by atoms with Crippen LogP contribution < -0.4 is 0 Å². The van der Waals surface area contributed by atoms with Crippen molar-refractivity contribution in [1.82, 2.24) is 14.7 Å². The number of benzene rings is 1. The van der Waals surface area contributed by atoms with Gasteiger partial charge in [0.2, 0.25) is 5.76 Å². The summed E-state index contributed by atoms with van der Waals surface area (Å²) in [4.78, 5) is 4.12. The third kappa shape index (κ3) is 3.71. The Hall–Kier alpha value is -2.88. The molecule has 0 radical (unpaired) electrons. The third-order valence-corrected chi connectivity index (χ3v) is 3.48. The van der Waals surface area contributed by atoms with Crippen LogP contribution in [0.4, 0.5) is 0 Å². The van der Waals surface area contributed by atoms with Crippen LogP contribution in [0.1, 0.15) is 41.4 Å². The van der Waals surface area contributed by atoms with Crippen LogP contribution in [0.15, 0.2) is 47.2 Å². The summed E-state index contributed by atoms with van der Waals surface area (Å²) < 4.78 is 7.03. The van der Waals surface area contributed by atoms with Gasteiger partial charge in [0, 0.05) is 24.0 Å². The molecule has 0 fully saturated rings. The molecule has 0 saturated carbocycles. The largest absolute Gasteiger partial charge is 0.392 e. The molecule has 24 heavy (non-hydrogen) atoms. The molecule has 0 aliphatic rings. The Labute approximate surface area is 139 Å². The number of hydrogen-bond donors (Lipinski definition) is 2. The van der Waals surface area contributed by atoms with Crippen LogP contribution in [0.25, 0.3) is 0 Å². The van der Waals surface area contributed by atoms with E-state index >= 15 is 0 Å². The maximum Gasteiger partial charge on any atom is 0.210 e. The van der Waals surface area contributed by atoms with Gasteiger partial charge in [-0.05, 0) is 30.5 Å². The van der Waals surface area contributed by atoms with Gasteiger partial charge in [-0.3, -0.25) is 0 Å². The van der Waals surface area contributed by atoms with E-state index in [1.807, 2.05) is 28.8 Å². The van der Waals surface area contributed by atoms with Crippen molar-refractivity contribution < 1.29 is 14.7 Å². The van der Waals surface area contributed by atoms with Crippen LogP contribution >= 0.6 is 0 Å². The van der Waals surface area contributed by atoms with E-state index in [4.69, 9.17) is 9.63 Å². The van der Waals surface area contributed by atoms with Crippen molar-refractivity contribution in [1.29, 1.82) is 0 Å². The first-order chi connectivity index (χ1) is 11.7. The molecule has 1 aromatic carbocycles. The maximum absolute atomic E-state index is 9.66. The number of aliphatic hydroxyl groups excluding tert-OH is 2. The molecule has 0 spiro atoms. The van der Waals surface area contributed by atoms with Gasteiger partial charge in [0.15, 0.2) is 0 Å². The fraction of sp³-hybridized carbons (Fsp3) is 0.222. The van der Waals surface area contributed by atoms with Crippen LogP contribution in [0.2, 0.25) is 0 Å². The second-order valence-corrected chi connectivity index (χ2v) is 5.38. The van der Waals surface area contributed by atoms with Crippen LogP contribution in [0, 0.1) is 11.8 Å². The Morgan fingerprint density at radius 3 is 2.75 bits per heavy atom. The van der Waals surface area contributed by atoms with Crippen LogP contribution in [-0.4, -0.2) is 24.9 Å². The molecular formula is C18H17N3O3. The molecule has 6 heteroatoms. The van der Waals surface area contributed by atoms with Crippen LogP contribution in [-0.2, 0) is 13.2 Å². The summed E-state index contributed by atoms with van der Waals surface area (Å²) in [5.41, 5.74) is 2.38. The van der Waals surface area contributed by atoms with Crippen molar-refractivity contribution >= 4 is 0 Å². The number of aromatic nitrogens is 3. The summed E-state index contributed by atoms with van der Waals surface area (Å²) in [6.45, 7) is 2.14. The predicted molar refractivity (Wildman–Crippen MR) is 86.8 cm³/mol. The minimum Gasteiger partial charge on any atom is -0.392 e. The van der Waals surface area contributed by atoms with Crippen molar-refractivity contribution in [3.63, 3.8) is 0 Å². The highest BCUT2D eigenvalue weighted by molar-refractivity contribution is 5.40. The zero-order valence-corrected chi connectivity index (χ0v) is 13.2.